The second-order valence-electron chi connectivity index (χ2n) is 8.63. The molecule has 3 amide bonds. The lowest BCUT2D eigenvalue weighted by Gasteiger charge is -2.28. The van der Waals surface area contributed by atoms with E-state index in [4.69, 9.17) is 16.7 Å². The molecule has 1 aliphatic heterocycles. The number of carboxylic acid groups (broad SMARTS) is 1. The predicted octanol–water partition coefficient (Wildman–Crippen LogP) is 3.84. The number of aromatic carboxylic acids is 1. The fraction of sp³-hybridized carbons (Fsp3) is 0.250. The Balaban J connectivity index is 1.29. The summed E-state index contributed by atoms with van der Waals surface area (Å²) in [5, 5.41) is 19.1. The van der Waals surface area contributed by atoms with E-state index in [9.17, 15) is 18.8 Å². The summed E-state index contributed by atoms with van der Waals surface area (Å²) in [6.07, 6.45) is 2.97. The molecule has 0 atom stereocenters. The number of aromatic nitrogens is 2. The van der Waals surface area contributed by atoms with E-state index in [0.717, 1.165) is 18.4 Å². The number of rotatable bonds is 5. The first-order valence-corrected chi connectivity index (χ1v) is 11.4. The third-order valence-corrected chi connectivity index (χ3v) is 6.65. The molecular formula is C24H21ClFN5O4. The Kier molecular flexibility index (Phi) is 5.68. The van der Waals surface area contributed by atoms with Gasteiger partial charge in [0.25, 0.3) is 5.91 Å². The number of carbonyl (C=O) groups is 3. The molecule has 11 heteroatoms. The van der Waals surface area contributed by atoms with Crippen LogP contribution in [0.25, 0.3) is 0 Å². The molecule has 1 aromatic heterocycles. The first-order valence-electron chi connectivity index (χ1n) is 11.0. The van der Waals surface area contributed by atoms with Crippen molar-refractivity contribution < 1.29 is 23.9 Å². The number of benzene rings is 2. The molecule has 2 aromatic carbocycles. The molecule has 180 valence electrons. The molecule has 3 aromatic rings. The van der Waals surface area contributed by atoms with Gasteiger partial charge in [0.15, 0.2) is 0 Å². The quantitative estimate of drug-likeness (QED) is 0.495. The van der Waals surface area contributed by atoms with Crippen LogP contribution >= 0.6 is 11.6 Å². The molecule has 5 rings (SSSR count). The number of urea groups is 1. The van der Waals surface area contributed by atoms with E-state index in [2.05, 4.69) is 15.7 Å². The summed E-state index contributed by atoms with van der Waals surface area (Å²) in [5.74, 6) is -1.89. The van der Waals surface area contributed by atoms with Crippen molar-refractivity contribution in [3.8, 4) is 0 Å². The van der Waals surface area contributed by atoms with E-state index >= 15 is 0 Å². The second-order valence-corrected chi connectivity index (χ2v) is 9.03. The number of anilines is 1. The molecule has 2 heterocycles. The summed E-state index contributed by atoms with van der Waals surface area (Å²) < 4.78 is 15.1. The van der Waals surface area contributed by atoms with Gasteiger partial charge in [-0.15, -0.1) is 0 Å². The lowest BCUT2D eigenvalue weighted by atomic mass is 10.0. The van der Waals surface area contributed by atoms with Crippen molar-refractivity contribution in [2.45, 2.75) is 31.5 Å². The maximum absolute atomic E-state index is 13.4. The highest BCUT2D eigenvalue weighted by atomic mass is 35.5. The van der Waals surface area contributed by atoms with Crippen molar-refractivity contribution in [2.75, 3.05) is 11.9 Å². The Morgan fingerprint density at radius 3 is 2.49 bits per heavy atom. The lowest BCUT2D eigenvalue weighted by Crippen LogP contribution is -2.42. The molecule has 1 saturated carbocycles. The van der Waals surface area contributed by atoms with Crippen LogP contribution in [-0.2, 0) is 18.6 Å². The molecule has 1 fully saturated rings. The molecule has 0 radical (unpaired) electrons. The summed E-state index contributed by atoms with van der Waals surface area (Å²) in [5.41, 5.74) is 1.83. The molecule has 2 aliphatic rings. The highest BCUT2D eigenvalue weighted by molar-refractivity contribution is 6.31. The largest absolute Gasteiger partial charge is 0.478 e. The smallest absolute Gasteiger partial charge is 0.335 e. The number of carboxylic acids is 1. The predicted molar refractivity (Wildman–Crippen MR) is 125 cm³/mol. The van der Waals surface area contributed by atoms with Gasteiger partial charge in [0.1, 0.15) is 5.82 Å². The number of carbonyl (C=O) groups excluding carboxylic acids is 2. The zero-order valence-electron chi connectivity index (χ0n) is 18.4. The maximum Gasteiger partial charge on any atom is 0.335 e. The van der Waals surface area contributed by atoms with Gasteiger partial charge in [-0.2, -0.15) is 5.10 Å². The highest BCUT2D eigenvalue weighted by Crippen LogP contribution is 2.45. The Hall–Kier alpha value is -3.92. The van der Waals surface area contributed by atoms with E-state index in [-0.39, 0.29) is 23.0 Å². The van der Waals surface area contributed by atoms with Gasteiger partial charge >= 0.3 is 12.0 Å². The third-order valence-electron chi connectivity index (χ3n) is 6.36. The average Bonchev–Trinajstić information content (AvgIpc) is 3.50. The number of hydrogen-bond acceptors (Lipinski definition) is 4. The SMILES string of the molecule is O=C(O)c1ccc(C2(NC(=O)c3cnn4c3CN(C(=O)Nc3ccc(F)c(Cl)c3)CC4)CC2)cc1. The Morgan fingerprint density at radius 2 is 1.83 bits per heavy atom. The molecule has 0 unspecified atom stereocenters. The van der Waals surface area contributed by atoms with Crippen LogP contribution in [0.5, 0.6) is 0 Å². The number of nitrogens with one attached hydrogen (secondary N) is 2. The molecule has 0 saturated heterocycles. The van der Waals surface area contributed by atoms with E-state index in [1.54, 1.807) is 21.7 Å². The number of hydrogen-bond donors (Lipinski definition) is 3. The zero-order valence-corrected chi connectivity index (χ0v) is 19.2. The van der Waals surface area contributed by atoms with Gasteiger partial charge < -0.3 is 20.6 Å². The molecule has 0 spiro atoms. The van der Waals surface area contributed by atoms with E-state index in [1.165, 1.54) is 36.5 Å². The van der Waals surface area contributed by atoms with E-state index in [0.29, 0.717) is 30.0 Å². The van der Waals surface area contributed by atoms with Gasteiger partial charge in [-0.25, -0.2) is 14.0 Å². The van der Waals surface area contributed by atoms with Gasteiger partial charge in [0.05, 0.1) is 46.7 Å². The van der Waals surface area contributed by atoms with Crippen LogP contribution < -0.4 is 10.6 Å². The van der Waals surface area contributed by atoms with Crippen LogP contribution in [0.3, 0.4) is 0 Å². The minimum Gasteiger partial charge on any atom is -0.478 e. The molecule has 3 N–H and O–H groups in total. The summed E-state index contributed by atoms with van der Waals surface area (Å²) >= 11 is 5.79. The van der Waals surface area contributed by atoms with Gasteiger partial charge in [-0.1, -0.05) is 23.7 Å². The summed E-state index contributed by atoms with van der Waals surface area (Å²) in [7, 11) is 0. The van der Waals surface area contributed by atoms with Gasteiger partial charge in [0.2, 0.25) is 0 Å². The number of nitrogens with zero attached hydrogens (tertiary/aromatic N) is 3. The molecule has 0 bridgehead atoms. The second kappa shape index (κ2) is 8.70. The van der Waals surface area contributed by atoms with Gasteiger partial charge in [-0.05, 0) is 48.7 Å². The standard InChI is InChI=1S/C24H21ClFN5O4/c25-18-11-16(5-6-19(18)26)28-23(35)30-9-10-31-20(13-30)17(12-27-31)21(32)29-24(7-8-24)15-3-1-14(2-4-15)22(33)34/h1-6,11-12H,7-10,13H2,(H,28,35)(H,29,32)(H,33,34). The first kappa shape index (κ1) is 22.9. The minimum absolute atomic E-state index is 0.0925. The Morgan fingerprint density at radius 1 is 1.09 bits per heavy atom. The lowest BCUT2D eigenvalue weighted by molar-refractivity contribution is 0.0696. The average molecular weight is 498 g/mol. The minimum atomic E-state index is -1.01. The van der Waals surface area contributed by atoms with Crippen molar-refractivity contribution >= 4 is 35.2 Å². The van der Waals surface area contributed by atoms with Crippen LogP contribution in [0.2, 0.25) is 5.02 Å². The molecular weight excluding hydrogens is 477 g/mol. The normalized spacial score (nSPS) is 15.8. The third kappa shape index (κ3) is 4.44. The van der Waals surface area contributed by atoms with Crippen LogP contribution in [0.1, 0.15) is 44.8 Å². The Bertz CT molecular complexity index is 1340. The number of fused-ring (bicyclic) bond motifs is 1. The Labute approximate surface area is 204 Å². The van der Waals surface area contributed by atoms with Crippen molar-refractivity contribution in [1.29, 1.82) is 0 Å². The van der Waals surface area contributed by atoms with E-state index < -0.39 is 23.4 Å². The summed E-state index contributed by atoms with van der Waals surface area (Å²) in [6.45, 7) is 0.974. The topological polar surface area (TPSA) is 117 Å². The molecule has 35 heavy (non-hydrogen) atoms. The first-order chi connectivity index (χ1) is 16.8. The zero-order chi connectivity index (χ0) is 24.7. The summed E-state index contributed by atoms with van der Waals surface area (Å²) in [4.78, 5) is 38.6. The highest BCUT2D eigenvalue weighted by Gasteiger charge is 2.46. The van der Waals surface area contributed by atoms with Crippen molar-refractivity contribution in [3.63, 3.8) is 0 Å². The van der Waals surface area contributed by atoms with Crippen molar-refractivity contribution in [1.82, 2.24) is 20.0 Å². The molecule has 1 aliphatic carbocycles. The van der Waals surface area contributed by atoms with Crippen LogP contribution in [0.15, 0.2) is 48.7 Å². The van der Waals surface area contributed by atoms with Crippen LogP contribution in [0.4, 0.5) is 14.9 Å². The van der Waals surface area contributed by atoms with E-state index in [1.807, 2.05) is 0 Å². The van der Waals surface area contributed by atoms with Crippen LogP contribution in [-0.4, -0.2) is 44.2 Å². The fourth-order valence-electron chi connectivity index (χ4n) is 4.21. The molecule has 9 nitrogen and oxygen atoms in total. The van der Waals surface area contributed by atoms with Gasteiger partial charge in [0, 0.05) is 12.2 Å². The number of halogens is 2. The fourth-order valence-corrected chi connectivity index (χ4v) is 4.39. The van der Waals surface area contributed by atoms with Crippen molar-refractivity contribution in [3.05, 3.63) is 81.9 Å². The maximum atomic E-state index is 13.4. The monoisotopic (exact) mass is 497 g/mol. The van der Waals surface area contributed by atoms with Gasteiger partial charge in [-0.3, -0.25) is 9.48 Å². The van der Waals surface area contributed by atoms with Crippen LogP contribution in [0, 0.1) is 5.82 Å². The number of amides is 3. The summed E-state index contributed by atoms with van der Waals surface area (Å²) in [6, 6.07) is 10.0. The van der Waals surface area contributed by atoms with Crippen molar-refractivity contribution in [2.24, 2.45) is 0 Å².